The standard InChI is InChI=1S/C12H12INO/c13-10-3-1-9(2-4-10)12(5-6-12)11-14-7-8-15-11/h1-4H,5-8H2. The lowest BCUT2D eigenvalue weighted by Crippen LogP contribution is -2.20. The summed E-state index contributed by atoms with van der Waals surface area (Å²) in [6, 6.07) is 8.73. The maximum absolute atomic E-state index is 5.61. The van der Waals surface area contributed by atoms with E-state index in [0.717, 1.165) is 19.0 Å². The van der Waals surface area contributed by atoms with E-state index in [-0.39, 0.29) is 5.41 Å². The van der Waals surface area contributed by atoms with Crippen LogP contribution < -0.4 is 0 Å². The average Bonchev–Trinajstić information content (AvgIpc) is 2.88. The molecule has 1 aromatic carbocycles. The summed E-state index contributed by atoms with van der Waals surface area (Å²) >= 11 is 2.33. The highest BCUT2D eigenvalue weighted by Gasteiger charge is 2.51. The number of ether oxygens (including phenoxy) is 1. The van der Waals surface area contributed by atoms with E-state index >= 15 is 0 Å². The van der Waals surface area contributed by atoms with Gasteiger partial charge in [-0.2, -0.15) is 0 Å². The van der Waals surface area contributed by atoms with Gasteiger partial charge in [0, 0.05) is 3.57 Å². The number of aliphatic imine (C=N–C) groups is 1. The molecule has 1 heterocycles. The van der Waals surface area contributed by atoms with Gasteiger partial charge in [-0.15, -0.1) is 0 Å². The van der Waals surface area contributed by atoms with Crippen molar-refractivity contribution < 1.29 is 4.74 Å². The number of nitrogens with zero attached hydrogens (tertiary/aromatic N) is 1. The molecule has 0 saturated heterocycles. The van der Waals surface area contributed by atoms with Gasteiger partial charge in [-0.3, -0.25) is 4.99 Å². The van der Waals surface area contributed by atoms with E-state index in [1.54, 1.807) is 0 Å². The largest absolute Gasteiger partial charge is 0.478 e. The Morgan fingerprint density at radius 1 is 1.20 bits per heavy atom. The second kappa shape index (κ2) is 3.47. The van der Waals surface area contributed by atoms with E-state index < -0.39 is 0 Å². The zero-order valence-corrected chi connectivity index (χ0v) is 10.5. The molecule has 0 atom stereocenters. The van der Waals surface area contributed by atoms with Crippen molar-refractivity contribution >= 4 is 28.5 Å². The van der Waals surface area contributed by atoms with Crippen molar-refractivity contribution in [1.82, 2.24) is 0 Å². The van der Waals surface area contributed by atoms with E-state index in [0.29, 0.717) is 0 Å². The van der Waals surface area contributed by atoms with Gasteiger partial charge in [0.25, 0.3) is 0 Å². The first-order valence-electron chi connectivity index (χ1n) is 5.25. The van der Waals surface area contributed by atoms with Gasteiger partial charge in [-0.25, -0.2) is 0 Å². The van der Waals surface area contributed by atoms with Crippen molar-refractivity contribution in [2.24, 2.45) is 4.99 Å². The lowest BCUT2D eigenvalue weighted by Gasteiger charge is -2.15. The number of benzene rings is 1. The van der Waals surface area contributed by atoms with Gasteiger partial charge in [0.15, 0.2) is 5.90 Å². The van der Waals surface area contributed by atoms with Crippen LogP contribution in [0.1, 0.15) is 18.4 Å². The highest BCUT2D eigenvalue weighted by Crippen LogP contribution is 2.50. The lowest BCUT2D eigenvalue weighted by atomic mass is 9.96. The van der Waals surface area contributed by atoms with Crippen LogP contribution >= 0.6 is 22.6 Å². The fourth-order valence-electron chi connectivity index (χ4n) is 2.14. The number of halogens is 1. The minimum absolute atomic E-state index is 0.140. The van der Waals surface area contributed by atoms with Crippen molar-refractivity contribution in [1.29, 1.82) is 0 Å². The van der Waals surface area contributed by atoms with Crippen LogP contribution in [0.5, 0.6) is 0 Å². The molecule has 0 N–H and O–H groups in total. The fraction of sp³-hybridized carbons (Fsp3) is 0.417. The highest BCUT2D eigenvalue weighted by molar-refractivity contribution is 14.1. The summed E-state index contributed by atoms with van der Waals surface area (Å²) in [5.74, 6) is 0.976. The lowest BCUT2D eigenvalue weighted by molar-refractivity contribution is 0.330. The Kier molecular flexibility index (Phi) is 2.23. The first-order chi connectivity index (χ1) is 7.31. The molecule has 78 valence electrons. The van der Waals surface area contributed by atoms with Gasteiger partial charge in [0.05, 0.1) is 12.0 Å². The molecule has 15 heavy (non-hydrogen) atoms. The van der Waals surface area contributed by atoms with E-state index in [1.165, 1.54) is 22.0 Å². The Morgan fingerprint density at radius 3 is 2.47 bits per heavy atom. The molecule has 0 bridgehead atoms. The first-order valence-corrected chi connectivity index (χ1v) is 6.33. The summed E-state index contributed by atoms with van der Waals surface area (Å²) in [4.78, 5) is 4.46. The summed E-state index contributed by atoms with van der Waals surface area (Å²) in [7, 11) is 0. The SMILES string of the molecule is Ic1ccc(C2(C3=NCCO3)CC2)cc1. The van der Waals surface area contributed by atoms with E-state index in [2.05, 4.69) is 51.8 Å². The molecule has 0 amide bonds. The monoisotopic (exact) mass is 313 g/mol. The summed E-state index contributed by atoms with van der Waals surface area (Å²) in [5.41, 5.74) is 1.50. The minimum Gasteiger partial charge on any atom is -0.478 e. The van der Waals surface area contributed by atoms with Crippen LogP contribution in [0.3, 0.4) is 0 Å². The summed E-state index contributed by atoms with van der Waals surface area (Å²) in [6.45, 7) is 1.60. The molecule has 2 aliphatic rings. The van der Waals surface area contributed by atoms with Crippen molar-refractivity contribution in [2.75, 3.05) is 13.2 Å². The van der Waals surface area contributed by atoms with Crippen LogP contribution in [0, 0.1) is 3.57 Å². The molecule has 1 fully saturated rings. The third kappa shape index (κ3) is 1.57. The molecule has 0 spiro atoms. The summed E-state index contributed by atoms with van der Waals surface area (Å²) < 4.78 is 6.89. The number of hydrogen-bond acceptors (Lipinski definition) is 2. The van der Waals surface area contributed by atoms with Gasteiger partial charge in [0.2, 0.25) is 0 Å². The zero-order valence-electron chi connectivity index (χ0n) is 8.37. The third-order valence-corrected chi connectivity index (χ3v) is 3.86. The maximum atomic E-state index is 5.61. The van der Waals surface area contributed by atoms with Crippen LogP contribution in [0.25, 0.3) is 0 Å². The quantitative estimate of drug-likeness (QED) is 0.770. The predicted octanol–water partition coefficient (Wildman–Crippen LogP) is 2.75. The Morgan fingerprint density at radius 2 is 1.93 bits per heavy atom. The minimum atomic E-state index is 0.140. The Hall–Kier alpha value is -0.580. The normalized spacial score (nSPS) is 22.1. The molecule has 1 saturated carbocycles. The molecule has 0 aromatic heterocycles. The van der Waals surface area contributed by atoms with Crippen LogP contribution in [0.4, 0.5) is 0 Å². The first kappa shape index (κ1) is 9.63. The van der Waals surface area contributed by atoms with E-state index in [9.17, 15) is 0 Å². The van der Waals surface area contributed by atoms with E-state index in [4.69, 9.17) is 4.74 Å². The predicted molar refractivity (Wildman–Crippen MR) is 68.3 cm³/mol. The molecule has 0 unspecified atom stereocenters. The second-order valence-electron chi connectivity index (χ2n) is 4.12. The summed E-state index contributed by atoms with van der Waals surface area (Å²) in [5, 5.41) is 0. The van der Waals surface area contributed by atoms with Crippen molar-refractivity contribution in [3.8, 4) is 0 Å². The van der Waals surface area contributed by atoms with Gasteiger partial charge in [-0.05, 0) is 53.1 Å². The number of rotatable bonds is 2. The van der Waals surface area contributed by atoms with Crippen LogP contribution in [0.15, 0.2) is 29.3 Å². The third-order valence-electron chi connectivity index (χ3n) is 3.14. The fourth-order valence-corrected chi connectivity index (χ4v) is 2.50. The van der Waals surface area contributed by atoms with Gasteiger partial charge < -0.3 is 4.74 Å². The highest BCUT2D eigenvalue weighted by atomic mass is 127. The Labute approximate surface area is 103 Å². The smallest absolute Gasteiger partial charge is 0.194 e. The molecule has 2 nitrogen and oxygen atoms in total. The second-order valence-corrected chi connectivity index (χ2v) is 5.37. The number of hydrogen-bond donors (Lipinski definition) is 0. The Bertz CT molecular complexity index is 406. The molecule has 0 radical (unpaired) electrons. The Balaban J connectivity index is 1.96. The molecular weight excluding hydrogens is 301 g/mol. The van der Waals surface area contributed by atoms with Crippen LogP contribution in [-0.4, -0.2) is 19.0 Å². The molecule has 1 aliphatic heterocycles. The van der Waals surface area contributed by atoms with Crippen molar-refractivity contribution in [2.45, 2.75) is 18.3 Å². The average molecular weight is 313 g/mol. The van der Waals surface area contributed by atoms with Crippen LogP contribution in [-0.2, 0) is 10.2 Å². The molecule has 1 aliphatic carbocycles. The molecule has 1 aromatic rings. The van der Waals surface area contributed by atoms with Crippen molar-refractivity contribution in [3.05, 3.63) is 33.4 Å². The topological polar surface area (TPSA) is 21.6 Å². The molecular formula is C12H12INO. The van der Waals surface area contributed by atoms with Gasteiger partial charge >= 0.3 is 0 Å². The van der Waals surface area contributed by atoms with E-state index in [1.807, 2.05) is 0 Å². The zero-order chi connectivity index (χ0) is 10.3. The van der Waals surface area contributed by atoms with Gasteiger partial charge in [-0.1, -0.05) is 12.1 Å². The maximum Gasteiger partial charge on any atom is 0.194 e. The van der Waals surface area contributed by atoms with Crippen molar-refractivity contribution in [3.63, 3.8) is 0 Å². The summed E-state index contributed by atoms with van der Waals surface area (Å²) in [6.07, 6.45) is 2.37. The van der Waals surface area contributed by atoms with Gasteiger partial charge in [0.1, 0.15) is 6.61 Å². The molecule has 3 heteroatoms. The molecule has 3 rings (SSSR count). The van der Waals surface area contributed by atoms with Crippen LogP contribution in [0.2, 0.25) is 0 Å².